The fourth-order valence-electron chi connectivity index (χ4n) is 6.16. The number of aromatic nitrogens is 1. The Morgan fingerprint density at radius 1 is 1.12 bits per heavy atom. The first-order valence-electron chi connectivity index (χ1n) is 16.1. The fraction of sp³-hybridized carbons (Fsp3) is 0.515. The Morgan fingerprint density at radius 2 is 1.81 bits per heavy atom. The topological polar surface area (TPSA) is 147 Å². The summed E-state index contributed by atoms with van der Waals surface area (Å²) in [5, 5.41) is 12.9. The Labute approximate surface area is 290 Å². The zero-order valence-corrected chi connectivity index (χ0v) is 30.8. The average molecular weight is 718 g/mol. The van der Waals surface area contributed by atoms with Gasteiger partial charge in [-0.3, -0.25) is 19.7 Å². The molecule has 4 rings (SSSR count). The molecule has 15 heteroatoms. The second kappa shape index (κ2) is 16.8. The minimum Gasteiger partial charge on any atom is -0.463 e. The summed E-state index contributed by atoms with van der Waals surface area (Å²) in [6, 6.07) is 8.46. The van der Waals surface area contributed by atoms with Crippen LogP contribution in [0.1, 0.15) is 57.7 Å². The van der Waals surface area contributed by atoms with Crippen molar-refractivity contribution in [3.05, 3.63) is 72.0 Å². The number of esters is 2. The molecule has 0 saturated carbocycles. The highest BCUT2D eigenvalue weighted by molar-refractivity contribution is 8.06. The summed E-state index contributed by atoms with van der Waals surface area (Å²) in [5.41, 5.74) is 3.21. The van der Waals surface area contributed by atoms with Crippen LogP contribution in [-0.4, -0.2) is 66.3 Å². The Balaban J connectivity index is 1.53. The predicted molar refractivity (Wildman–Crippen MR) is 186 cm³/mol. The fourth-order valence-corrected chi connectivity index (χ4v) is 10.9. The molecule has 12 nitrogen and oxygen atoms in total. The summed E-state index contributed by atoms with van der Waals surface area (Å²) in [7, 11) is -1.99. The van der Waals surface area contributed by atoms with Gasteiger partial charge in [0.15, 0.2) is 8.32 Å². The second-order valence-electron chi connectivity index (χ2n) is 11.8. The van der Waals surface area contributed by atoms with Gasteiger partial charge in [0.25, 0.3) is 5.69 Å². The maximum atomic E-state index is 13.8. The van der Waals surface area contributed by atoms with Gasteiger partial charge in [-0.2, -0.15) is 0 Å². The van der Waals surface area contributed by atoms with Crippen molar-refractivity contribution < 1.29 is 37.9 Å². The van der Waals surface area contributed by atoms with Crippen LogP contribution in [0.5, 0.6) is 0 Å². The van der Waals surface area contributed by atoms with Crippen LogP contribution >= 0.6 is 23.1 Å². The van der Waals surface area contributed by atoms with Crippen LogP contribution in [0, 0.1) is 22.0 Å². The summed E-state index contributed by atoms with van der Waals surface area (Å²) in [6.07, 6.45) is 1.61. The Morgan fingerprint density at radius 3 is 2.44 bits per heavy atom. The number of fused-ring (bicyclic) bond motifs is 1. The number of rotatable bonds is 18. The van der Waals surface area contributed by atoms with Crippen LogP contribution in [-0.2, 0) is 46.2 Å². The van der Waals surface area contributed by atoms with Crippen LogP contribution in [0.3, 0.4) is 0 Å². The Kier molecular flexibility index (Phi) is 13.1. The van der Waals surface area contributed by atoms with E-state index in [4.69, 9.17) is 18.6 Å². The standard InChI is InChI=1S/C33H43N3O9S2Si/c1-7-48(8-2,9-3)45-22(5)28-29-21(4)31(46-17-14-27-26(34-20-47-27)19-42-15-16-43-23(6)37)30(35(29)32(28)38)33(39)44-18-24-10-12-25(13-11-24)36(40)41/h10-14,17,20-22,28-29H,7-9,15-16,18-19H2,1-6H3/t21-,22-,28-,29-/m1/s1. The first-order valence-corrected chi connectivity index (χ1v) is 20.4. The van der Waals surface area contributed by atoms with E-state index in [1.54, 1.807) is 22.5 Å². The molecule has 1 aromatic carbocycles. The molecule has 0 spiro atoms. The molecule has 0 N–H and O–H groups in total. The van der Waals surface area contributed by atoms with Crippen molar-refractivity contribution in [3.8, 4) is 0 Å². The molecular formula is C33H43N3O9S2Si. The van der Waals surface area contributed by atoms with Crippen molar-refractivity contribution in [3.63, 3.8) is 0 Å². The normalized spacial score (nSPS) is 19.8. The summed E-state index contributed by atoms with van der Waals surface area (Å²) >= 11 is 2.81. The third-order valence-corrected chi connectivity index (χ3v) is 15.7. The zero-order chi connectivity index (χ0) is 35.0. The van der Waals surface area contributed by atoms with E-state index in [0.717, 1.165) is 33.6 Å². The molecule has 0 aliphatic carbocycles. The van der Waals surface area contributed by atoms with Gasteiger partial charge < -0.3 is 23.5 Å². The molecule has 1 fully saturated rings. The average Bonchev–Trinajstić information content (AvgIpc) is 3.62. The molecule has 48 heavy (non-hydrogen) atoms. The smallest absolute Gasteiger partial charge is 0.356 e. The van der Waals surface area contributed by atoms with E-state index >= 15 is 0 Å². The highest BCUT2D eigenvalue weighted by Gasteiger charge is 2.61. The van der Waals surface area contributed by atoms with Crippen molar-refractivity contribution in [2.45, 2.75) is 85.0 Å². The van der Waals surface area contributed by atoms with E-state index in [-0.39, 0.29) is 73.7 Å². The van der Waals surface area contributed by atoms with E-state index in [1.165, 1.54) is 42.2 Å². The number of nitro benzene ring substituents is 1. The minimum absolute atomic E-state index is 0.0572. The van der Waals surface area contributed by atoms with Gasteiger partial charge in [-0.05, 0) is 54.2 Å². The Bertz CT molecular complexity index is 1530. The van der Waals surface area contributed by atoms with Crippen LogP contribution < -0.4 is 0 Å². The van der Waals surface area contributed by atoms with Gasteiger partial charge in [0.05, 0.1) is 52.3 Å². The number of nitrogens with zero attached hydrogens (tertiary/aromatic N) is 3. The van der Waals surface area contributed by atoms with Gasteiger partial charge in [0.2, 0.25) is 5.91 Å². The van der Waals surface area contributed by atoms with Crippen LogP contribution in [0.2, 0.25) is 18.1 Å². The molecule has 2 aromatic rings. The van der Waals surface area contributed by atoms with Gasteiger partial charge in [-0.15, -0.1) is 11.3 Å². The maximum Gasteiger partial charge on any atom is 0.356 e. The summed E-state index contributed by atoms with van der Waals surface area (Å²) in [4.78, 5) is 56.6. The highest BCUT2D eigenvalue weighted by atomic mass is 32.2. The zero-order valence-electron chi connectivity index (χ0n) is 28.1. The number of nitro groups is 1. The van der Waals surface area contributed by atoms with Crippen molar-refractivity contribution >= 4 is 61.0 Å². The van der Waals surface area contributed by atoms with Crippen molar-refractivity contribution in [1.82, 2.24) is 9.88 Å². The minimum atomic E-state index is -1.99. The molecular weight excluding hydrogens is 675 g/mol. The largest absolute Gasteiger partial charge is 0.463 e. The quantitative estimate of drug-likeness (QED) is 0.0406. The number of carbonyl (C=O) groups excluding carboxylic acids is 3. The van der Waals surface area contributed by atoms with Crippen molar-refractivity contribution in [2.24, 2.45) is 11.8 Å². The predicted octanol–water partition coefficient (Wildman–Crippen LogP) is 6.68. The first kappa shape index (κ1) is 37.4. The number of benzene rings is 1. The lowest BCUT2D eigenvalue weighted by atomic mass is 9.79. The third kappa shape index (κ3) is 8.43. The Hall–Kier alpha value is -3.37. The number of non-ortho nitro benzene ring substituents is 1. The van der Waals surface area contributed by atoms with Gasteiger partial charge in [0.1, 0.15) is 18.9 Å². The van der Waals surface area contributed by atoms with E-state index < -0.39 is 19.2 Å². The number of carbonyl (C=O) groups is 3. The van der Waals surface area contributed by atoms with E-state index in [2.05, 4.69) is 25.8 Å². The summed E-state index contributed by atoms with van der Waals surface area (Å²) < 4.78 is 22.9. The number of hydrogen-bond donors (Lipinski definition) is 0. The molecule has 1 amide bonds. The number of ether oxygens (including phenoxy) is 3. The van der Waals surface area contributed by atoms with Crippen LogP contribution in [0.4, 0.5) is 5.69 Å². The molecule has 0 radical (unpaired) electrons. The van der Waals surface area contributed by atoms with E-state index in [0.29, 0.717) is 5.56 Å². The monoisotopic (exact) mass is 717 g/mol. The van der Waals surface area contributed by atoms with Crippen LogP contribution in [0.25, 0.3) is 6.08 Å². The van der Waals surface area contributed by atoms with Gasteiger partial charge in [-0.1, -0.05) is 39.5 Å². The maximum absolute atomic E-state index is 13.8. The van der Waals surface area contributed by atoms with E-state index in [1.807, 2.05) is 25.3 Å². The molecule has 3 heterocycles. The molecule has 260 valence electrons. The van der Waals surface area contributed by atoms with Gasteiger partial charge >= 0.3 is 11.9 Å². The third-order valence-electron chi connectivity index (χ3n) is 9.03. The SMILES string of the molecule is CC[Si](CC)(CC)O[C@H](C)[C@H]1C(=O)N2C(C(=O)OCc3ccc([N+](=O)[O-])cc3)=C(SC=Cc3scnc3COCCOC(C)=O)[C@H](C)[C@H]12. The first-order chi connectivity index (χ1) is 23.0. The number of amides is 1. The van der Waals surface area contributed by atoms with Gasteiger partial charge in [0, 0.05) is 29.9 Å². The molecule has 4 atom stereocenters. The van der Waals surface area contributed by atoms with Crippen molar-refractivity contribution in [2.75, 3.05) is 13.2 Å². The summed E-state index contributed by atoms with van der Waals surface area (Å²) in [5.74, 6) is -1.67. The number of thioether (sulfide) groups is 1. The number of hydrogen-bond acceptors (Lipinski definition) is 12. The number of thiazole rings is 1. The second-order valence-corrected chi connectivity index (χ2v) is 18.3. The molecule has 0 bridgehead atoms. The molecule has 1 aromatic heterocycles. The molecule has 2 aliphatic heterocycles. The van der Waals surface area contributed by atoms with Crippen molar-refractivity contribution in [1.29, 1.82) is 0 Å². The molecule has 1 saturated heterocycles. The number of β-lactam (4-membered cyclic amide) rings is 1. The lowest BCUT2D eigenvalue weighted by Crippen LogP contribution is -2.65. The highest BCUT2D eigenvalue weighted by Crippen LogP contribution is 2.52. The summed E-state index contributed by atoms with van der Waals surface area (Å²) in [6.45, 7) is 12.4. The lowest BCUT2D eigenvalue weighted by molar-refractivity contribution is -0.384. The van der Waals surface area contributed by atoms with Gasteiger partial charge in [-0.25, -0.2) is 9.78 Å². The van der Waals surface area contributed by atoms with E-state index in [9.17, 15) is 24.5 Å². The van der Waals surface area contributed by atoms with Crippen LogP contribution in [0.15, 0.2) is 45.8 Å². The molecule has 2 aliphatic rings. The molecule has 0 unspecified atom stereocenters. The lowest BCUT2D eigenvalue weighted by Gasteiger charge is -2.49.